The fourth-order valence-corrected chi connectivity index (χ4v) is 3.94. The van der Waals surface area contributed by atoms with Crippen LogP contribution in [0, 0.1) is 0 Å². The van der Waals surface area contributed by atoms with Crippen LogP contribution in [0.1, 0.15) is 61.3 Å². The molecule has 0 aliphatic rings. The molecule has 44 heavy (non-hydrogen) atoms. The summed E-state index contributed by atoms with van der Waals surface area (Å²) in [6.07, 6.45) is 5.28. The maximum absolute atomic E-state index is 12.4. The summed E-state index contributed by atoms with van der Waals surface area (Å²) in [5.41, 5.74) is 2.51. The minimum atomic E-state index is -0.184. The average Bonchev–Trinajstić information content (AvgIpc) is 3.05. The molecule has 0 aliphatic heterocycles. The molecule has 0 unspecified atom stereocenters. The van der Waals surface area contributed by atoms with Crippen LogP contribution in [0.3, 0.4) is 0 Å². The van der Waals surface area contributed by atoms with Gasteiger partial charge in [-0.2, -0.15) is 0 Å². The third-order valence-corrected chi connectivity index (χ3v) is 6.04. The number of benzene rings is 2. The monoisotopic (exact) mass is 598 g/mol. The maximum atomic E-state index is 12.4. The summed E-state index contributed by atoms with van der Waals surface area (Å²) in [7, 11) is 0. The predicted octanol–water partition coefficient (Wildman–Crippen LogP) is 7.11. The number of nitrogens with zero attached hydrogens (tertiary/aromatic N) is 2. The molecule has 4 aromatic rings. The highest BCUT2D eigenvalue weighted by Crippen LogP contribution is 2.20. The smallest absolute Gasteiger partial charge is 0.259 e. The zero-order valence-corrected chi connectivity index (χ0v) is 25.9. The van der Waals surface area contributed by atoms with Crippen LogP contribution >= 0.6 is 0 Å². The standard InChI is InChI=1S/2C17H21N3O2/c2*1-3-11-18-16-15(6-5-12-19-16)17(21)20-13-7-9-14(10-8-13)22-4-2/h2*5-10,12H,3-4,11H2,1-2H3,(H,18,19)(H,20,21). The normalized spacial score (nSPS) is 10.1. The molecule has 0 bridgehead atoms. The van der Waals surface area contributed by atoms with Crippen LogP contribution in [0.15, 0.2) is 85.2 Å². The van der Waals surface area contributed by atoms with Gasteiger partial charge in [0.15, 0.2) is 0 Å². The molecule has 2 amide bonds. The second-order valence-corrected chi connectivity index (χ2v) is 9.48. The first kappa shape index (κ1) is 33.4. The average molecular weight is 599 g/mol. The molecule has 2 aromatic carbocycles. The highest BCUT2D eigenvalue weighted by atomic mass is 16.5. The molecule has 0 fully saturated rings. The minimum absolute atomic E-state index is 0.184. The molecule has 2 heterocycles. The first-order valence-corrected chi connectivity index (χ1v) is 14.9. The van der Waals surface area contributed by atoms with Crippen molar-refractivity contribution in [2.75, 3.05) is 47.6 Å². The number of nitrogens with one attached hydrogen (secondary N) is 4. The van der Waals surface area contributed by atoms with Gasteiger partial charge in [0.05, 0.1) is 24.3 Å². The summed E-state index contributed by atoms with van der Waals surface area (Å²) in [4.78, 5) is 33.2. The van der Waals surface area contributed by atoms with Gasteiger partial charge in [0.1, 0.15) is 23.1 Å². The van der Waals surface area contributed by atoms with E-state index in [4.69, 9.17) is 9.47 Å². The van der Waals surface area contributed by atoms with Gasteiger partial charge in [-0.05, 0) is 99.5 Å². The topological polar surface area (TPSA) is 127 Å². The molecule has 4 N–H and O–H groups in total. The number of aromatic nitrogens is 2. The first-order chi connectivity index (χ1) is 21.5. The van der Waals surface area contributed by atoms with E-state index in [-0.39, 0.29) is 11.8 Å². The molecule has 0 aliphatic carbocycles. The van der Waals surface area contributed by atoms with Gasteiger partial charge < -0.3 is 30.7 Å². The first-order valence-electron chi connectivity index (χ1n) is 14.9. The van der Waals surface area contributed by atoms with E-state index in [0.29, 0.717) is 36.0 Å². The lowest BCUT2D eigenvalue weighted by atomic mass is 10.2. The van der Waals surface area contributed by atoms with Gasteiger partial charge in [-0.3, -0.25) is 9.59 Å². The Kier molecular flexibility index (Phi) is 14.0. The molecule has 4 rings (SSSR count). The number of pyridine rings is 2. The molecular weight excluding hydrogens is 556 g/mol. The van der Waals surface area contributed by atoms with Crippen molar-refractivity contribution in [2.24, 2.45) is 0 Å². The predicted molar refractivity (Wildman–Crippen MR) is 177 cm³/mol. The van der Waals surface area contributed by atoms with E-state index < -0.39 is 0 Å². The third kappa shape index (κ3) is 10.6. The molecule has 0 spiro atoms. The van der Waals surface area contributed by atoms with Crippen molar-refractivity contribution in [1.82, 2.24) is 9.97 Å². The fourth-order valence-electron chi connectivity index (χ4n) is 3.94. The Balaban J connectivity index is 0.000000240. The fraction of sp³-hybridized carbons (Fsp3) is 0.294. The van der Waals surface area contributed by atoms with Crippen molar-refractivity contribution in [3.8, 4) is 11.5 Å². The lowest BCUT2D eigenvalue weighted by Gasteiger charge is -2.11. The molecule has 10 heteroatoms. The number of hydrogen-bond donors (Lipinski definition) is 4. The van der Waals surface area contributed by atoms with E-state index in [1.807, 2.05) is 62.4 Å². The third-order valence-electron chi connectivity index (χ3n) is 6.04. The Morgan fingerprint density at radius 3 is 1.32 bits per heavy atom. The largest absolute Gasteiger partial charge is 0.494 e. The van der Waals surface area contributed by atoms with Gasteiger partial charge in [0.2, 0.25) is 0 Å². The second kappa shape index (κ2) is 18.4. The highest BCUT2D eigenvalue weighted by molar-refractivity contribution is 6.08. The second-order valence-electron chi connectivity index (χ2n) is 9.48. The lowest BCUT2D eigenvalue weighted by molar-refractivity contribution is 0.101. The van der Waals surface area contributed by atoms with E-state index in [9.17, 15) is 9.59 Å². The van der Waals surface area contributed by atoms with Crippen LogP contribution in [0.25, 0.3) is 0 Å². The van der Waals surface area contributed by atoms with Crippen molar-refractivity contribution >= 4 is 34.8 Å². The summed E-state index contributed by atoms with van der Waals surface area (Å²) >= 11 is 0. The molecule has 2 aromatic heterocycles. The Morgan fingerprint density at radius 2 is 0.977 bits per heavy atom. The summed E-state index contributed by atoms with van der Waals surface area (Å²) in [5.74, 6) is 2.41. The molecule has 0 saturated carbocycles. The molecule has 0 radical (unpaired) electrons. The molecule has 10 nitrogen and oxygen atoms in total. The quantitative estimate of drug-likeness (QED) is 0.121. The summed E-state index contributed by atoms with van der Waals surface area (Å²) in [6, 6.07) is 21.6. The molecular formula is C34H42N6O4. The number of anilines is 4. The highest BCUT2D eigenvalue weighted by Gasteiger charge is 2.13. The van der Waals surface area contributed by atoms with Crippen molar-refractivity contribution in [1.29, 1.82) is 0 Å². The Bertz CT molecular complexity index is 1330. The number of ether oxygens (including phenoxy) is 2. The van der Waals surface area contributed by atoms with E-state index >= 15 is 0 Å². The SMILES string of the molecule is CCCNc1ncccc1C(=O)Nc1ccc(OCC)cc1.CCCNc1ncccc1C(=O)Nc1ccc(OCC)cc1. The molecule has 0 saturated heterocycles. The van der Waals surface area contributed by atoms with Gasteiger partial charge in [-0.1, -0.05) is 13.8 Å². The van der Waals surface area contributed by atoms with Crippen molar-refractivity contribution < 1.29 is 19.1 Å². The van der Waals surface area contributed by atoms with Crippen LogP contribution in [0.5, 0.6) is 11.5 Å². The zero-order chi connectivity index (χ0) is 31.6. The van der Waals surface area contributed by atoms with Crippen molar-refractivity contribution in [3.63, 3.8) is 0 Å². The van der Waals surface area contributed by atoms with E-state index in [1.54, 1.807) is 36.7 Å². The Morgan fingerprint density at radius 1 is 0.591 bits per heavy atom. The van der Waals surface area contributed by atoms with E-state index in [2.05, 4.69) is 45.1 Å². The van der Waals surface area contributed by atoms with Crippen molar-refractivity contribution in [2.45, 2.75) is 40.5 Å². The van der Waals surface area contributed by atoms with Gasteiger partial charge in [0, 0.05) is 36.9 Å². The maximum Gasteiger partial charge on any atom is 0.259 e. The summed E-state index contributed by atoms with van der Waals surface area (Å²) in [5, 5.41) is 12.1. The van der Waals surface area contributed by atoms with Crippen LogP contribution < -0.4 is 30.7 Å². The van der Waals surface area contributed by atoms with Gasteiger partial charge in [0.25, 0.3) is 11.8 Å². The van der Waals surface area contributed by atoms with Gasteiger partial charge in [-0.25, -0.2) is 9.97 Å². The minimum Gasteiger partial charge on any atom is -0.494 e. The van der Waals surface area contributed by atoms with Crippen LogP contribution in [-0.4, -0.2) is 48.1 Å². The van der Waals surface area contributed by atoms with E-state index in [1.165, 1.54) is 0 Å². The zero-order valence-electron chi connectivity index (χ0n) is 25.9. The summed E-state index contributed by atoms with van der Waals surface area (Å²) in [6.45, 7) is 10.8. The number of carbonyl (C=O) groups excluding carboxylic acids is 2. The number of hydrogen-bond acceptors (Lipinski definition) is 8. The van der Waals surface area contributed by atoms with Gasteiger partial charge in [-0.15, -0.1) is 0 Å². The van der Waals surface area contributed by atoms with E-state index in [0.717, 1.165) is 48.8 Å². The summed E-state index contributed by atoms with van der Waals surface area (Å²) < 4.78 is 10.8. The number of amides is 2. The Labute approximate surface area is 259 Å². The molecule has 232 valence electrons. The molecule has 0 atom stereocenters. The van der Waals surface area contributed by atoms with Crippen molar-refractivity contribution in [3.05, 3.63) is 96.3 Å². The Hall–Kier alpha value is -5.12. The lowest BCUT2D eigenvalue weighted by Crippen LogP contribution is -2.16. The number of rotatable bonds is 14. The number of carbonyl (C=O) groups is 2. The van der Waals surface area contributed by atoms with Gasteiger partial charge >= 0.3 is 0 Å². The van der Waals surface area contributed by atoms with Crippen LogP contribution in [-0.2, 0) is 0 Å². The van der Waals surface area contributed by atoms with Crippen LogP contribution in [0.2, 0.25) is 0 Å². The van der Waals surface area contributed by atoms with Crippen LogP contribution in [0.4, 0.5) is 23.0 Å².